The Morgan fingerprint density at radius 1 is 0.642 bits per heavy atom. The second-order valence-corrected chi connectivity index (χ2v) is 23.1. The lowest BCUT2D eigenvalue weighted by molar-refractivity contribution is -0.383. The standard InChI is InChI=1S/C48H82O19/c1-21(2)10-9-13-48(8,67-42-38(61)35(58)32(55)26(19-50)64-42)22-11-15-46(6)30(22)23(52)16-28-45(5)14-12-29(53)44(3,4)40(45)24(17-47(28,46)7)62-43-39(36(59)33(56)27(20-51)65-43)66-41-37(60)34(57)31(54)25(18-49)63-41/h10,22-43,49-61H,9,11-20H2,1-8H3/t22-,23+,24-,25+,26+,27+,28+,29+,30-,31+,32+,33+,34-,35-,36-,37+,38+,39+,40+,41-,42-,43+,45-,46+,47+,48-/m0/s1. The maximum atomic E-state index is 12.7. The third kappa shape index (κ3) is 9.03. The largest absolute Gasteiger partial charge is 0.394 e. The molecule has 4 saturated carbocycles. The second kappa shape index (κ2) is 19.8. The molecule has 19 nitrogen and oxygen atoms in total. The predicted molar refractivity (Wildman–Crippen MR) is 235 cm³/mol. The summed E-state index contributed by atoms with van der Waals surface area (Å²) in [6.07, 6.45) is -20.0. The monoisotopic (exact) mass is 963 g/mol. The van der Waals surface area contributed by atoms with Gasteiger partial charge >= 0.3 is 0 Å². The number of rotatable bonds is 13. The smallest absolute Gasteiger partial charge is 0.187 e. The van der Waals surface area contributed by atoms with Gasteiger partial charge in [0.2, 0.25) is 0 Å². The van der Waals surface area contributed by atoms with E-state index in [1.54, 1.807) is 0 Å². The molecular formula is C48H82O19. The first kappa shape index (κ1) is 53.8. The van der Waals surface area contributed by atoms with Gasteiger partial charge in [0.1, 0.15) is 73.2 Å². The Morgan fingerprint density at radius 2 is 1.18 bits per heavy atom. The molecule has 26 atom stereocenters. The average Bonchev–Trinajstić information content (AvgIpc) is 3.66. The quantitative estimate of drug-likeness (QED) is 0.0773. The Balaban J connectivity index is 1.27. The van der Waals surface area contributed by atoms with Crippen LogP contribution in [0.15, 0.2) is 11.6 Å². The van der Waals surface area contributed by atoms with Crippen LogP contribution in [0.1, 0.15) is 107 Å². The van der Waals surface area contributed by atoms with Gasteiger partial charge in [0.05, 0.1) is 43.7 Å². The number of allylic oxidation sites excluding steroid dienone is 2. The van der Waals surface area contributed by atoms with E-state index in [0.717, 1.165) is 5.57 Å². The highest BCUT2D eigenvalue weighted by Crippen LogP contribution is 2.76. The summed E-state index contributed by atoms with van der Waals surface area (Å²) in [5.41, 5.74) is -2.56. The topological polar surface area (TPSA) is 318 Å². The van der Waals surface area contributed by atoms with Crippen molar-refractivity contribution in [3.63, 3.8) is 0 Å². The molecule has 0 bridgehead atoms. The molecule has 3 aliphatic heterocycles. The van der Waals surface area contributed by atoms with E-state index in [9.17, 15) is 66.4 Å². The minimum Gasteiger partial charge on any atom is -0.394 e. The molecule has 3 saturated heterocycles. The third-order valence-corrected chi connectivity index (χ3v) is 18.7. The van der Waals surface area contributed by atoms with Crippen LogP contribution in [0.5, 0.6) is 0 Å². The van der Waals surface area contributed by atoms with Gasteiger partial charge in [-0.15, -0.1) is 0 Å². The number of fused-ring (bicyclic) bond motifs is 5. The summed E-state index contributed by atoms with van der Waals surface area (Å²) in [5, 5.41) is 142. The molecule has 67 heavy (non-hydrogen) atoms. The Kier molecular flexibility index (Phi) is 15.9. The summed E-state index contributed by atoms with van der Waals surface area (Å²) in [4.78, 5) is 0. The normalized spacial score (nSPS) is 52.9. The van der Waals surface area contributed by atoms with Crippen LogP contribution < -0.4 is 0 Å². The average molecular weight is 963 g/mol. The molecule has 0 aromatic rings. The van der Waals surface area contributed by atoms with Crippen molar-refractivity contribution in [2.45, 2.75) is 223 Å². The lowest BCUT2D eigenvalue weighted by atomic mass is 9.34. The first-order chi connectivity index (χ1) is 31.3. The van der Waals surface area contributed by atoms with Crippen LogP contribution in [0.2, 0.25) is 0 Å². The van der Waals surface area contributed by atoms with Gasteiger partial charge in [-0.1, -0.05) is 46.3 Å². The van der Waals surface area contributed by atoms with E-state index in [4.69, 9.17) is 28.4 Å². The van der Waals surface area contributed by atoms with E-state index in [1.807, 2.05) is 34.6 Å². The zero-order valence-corrected chi connectivity index (χ0v) is 40.3. The highest BCUT2D eigenvalue weighted by molar-refractivity contribution is 5.22. The van der Waals surface area contributed by atoms with E-state index in [-0.39, 0.29) is 17.8 Å². The van der Waals surface area contributed by atoms with Crippen LogP contribution in [0.3, 0.4) is 0 Å². The molecule has 0 radical (unpaired) electrons. The number of aliphatic hydroxyl groups is 13. The fraction of sp³-hybridized carbons (Fsp3) is 0.958. The van der Waals surface area contributed by atoms with Crippen LogP contribution in [0.4, 0.5) is 0 Å². The summed E-state index contributed by atoms with van der Waals surface area (Å²) in [5.74, 6) is -1.22. The van der Waals surface area contributed by atoms with Gasteiger partial charge in [0, 0.05) is 0 Å². The fourth-order valence-electron chi connectivity index (χ4n) is 14.9. The molecule has 19 heteroatoms. The summed E-state index contributed by atoms with van der Waals surface area (Å²) >= 11 is 0. The van der Waals surface area contributed by atoms with Crippen molar-refractivity contribution in [3.05, 3.63) is 11.6 Å². The third-order valence-electron chi connectivity index (χ3n) is 18.7. The molecule has 0 spiro atoms. The molecule has 4 aliphatic carbocycles. The highest BCUT2D eigenvalue weighted by Gasteiger charge is 2.74. The lowest BCUT2D eigenvalue weighted by Crippen LogP contribution is -2.71. The van der Waals surface area contributed by atoms with E-state index in [0.29, 0.717) is 51.4 Å². The van der Waals surface area contributed by atoms with Gasteiger partial charge in [-0.2, -0.15) is 0 Å². The zero-order chi connectivity index (χ0) is 49.5. The molecule has 0 unspecified atom stereocenters. The van der Waals surface area contributed by atoms with Crippen LogP contribution in [-0.4, -0.2) is 202 Å². The molecule has 7 rings (SSSR count). The predicted octanol–water partition coefficient (Wildman–Crippen LogP) is -1.06. The molecule has 13 N–H and O–H groups in total. The second-order valence-electron chi connectivity index (χ2n) is 23.1. The van der Waals surface area contributed by atoms with Gasteiger partial charge in [-0.3, -0.25) is 0 Å². The van der Waals surface area contributed by atoms with Gasteiger partial charge in [0.15, 0.2) is 18.9 Å². The first-order valence-electron chi connectivity index (χ1n) is 24.5. The van der Waals surface area contributed by atoms with Crippen LogP contribution >= 0.6 is 0 Å². The number of hydrogen-bond donors (Lipinski definition) is 13. The van der Waals surface area contributed by atoms with Crippen molar-refractivity contribution >= 4 is 0 Å². The van der Waals surface area contributed by atoms with E-state index >= 15 is 0 Å². The van der Waals surface area contributed by atoms with Crippen LogP contribution in [0.25, 0.3) is 0 Å². The SMILES string of the molecule is CC(C)=CCC[C@](C)(O[C@@H]1O[C@H](CO)[C@@H](O)[C@H](O)[C@H]1O)[C@H]1CC[C@]2(C)[C@@H]1[C@H](O)C[C@@H]1[C@]3(C)CC[C@@H](O)C(C)(C)[C@H]3[C@@H](O[C@@H]3O[C@H](CO)[C@@H](O)[C@H](O)[C@H]3O[C@@H]3O[C@H](CO)[C@@H](O)[C@H](O)[C@H]3O)C[C@]12C. The molecule has 3 heterocycles. The highest BCUT2D eigenvalue weighted by atomic mass is 16.8. The van der Waals surface area contributed by atoms with E-state index in [2.05, 4.69) is 26.8 Å². The van der Waals surface area contributed by atoms with Crippen molar-refractivity contribution in [1.29, 1.82) is 0 Å². The van der Waals surface area contributed by atoms with Gasteiger partial charge in [-0.05, 0) is 117 Å². The lowest BCUT2D eigenvalue weighted by Gasteiger charge is -2.72. The van der Waals surface area contributed by atoms with Crippen molar-refractivity contribution < 1.29 is 94.8 Å². The molecule has 0 amide bonds. The van der Waals surface area contributed by atoms with Gasteiger partial charge in [-0.25, -0.2) is 0 Å². The molecule has 7 aliphatic rings. The minimum atomic E-state index is -1.86. The van der Waals surface area contributed by atoms with E-state index < -0.39 is 163 Å². The van der Waals surface area contributed by atoms with E-state index in [1.165, 1.54) is 0 Å². The summed E-state index contributed by atoms with van der Waals surface area (Å²) < 4.78 is 37.9. The minimum absolute atomic E-state index is 0.110. The summed E-state index contributed by atoms with van der Waals surface area (Å²) in [7, 11) is 0. The Labute approximate surface area is 393 Å². The molecule has 0 aromatic heterocycles. The maximum absolute atomic E-state index is 12.7. The number of hydrogen-bond acceptors (Lipinski definition) is 19. The van der Waals surface area contributed by atoms with Crippen LogP contribution in [-0.2, 0) is 28.4 Å². The van der Waals surface area contributed by atoms with Crippen molar-refractivity contribution in [3.8, 4) is 0 Å². The van der Waals surface area contributed by atoms with Crippen molar-refractivity contribution in [2.24, 2.45) is 45.3 Å². The molecule has 388 valence electrons. The molecular weight excluding hydrogens is 881 g/mol. The number of aliphatic hydroxyl groups excluding tert-OH is 13. The molecule has 0 aromatic carbocycles. The summed E-state index contributed by atoms with van der Waals surface area (Å²) in [6.45, 7) is 14.4. The van der Waals surface area contributed by atoms with Crippen molar-refractivity contribution in [2.75, 3.05) is 19.8 Å². The Hall–Kier alpha value is -1.02. The summed E-state index contributed by atoms with van der Waals surface area (Å²) in [6, 6.07) is 0. The zero-order valence-electron chi connectivity index (χ0n) is 40.3. The molecule has 7 fully saturated rings. The van der Waals surface area contributed by atoms with Gasteiger partial charge in [0.25, 0.3) is 0 Å². The maximum Gasteiger partial charge on any atom is 0.187 e. The Morgan fingerprint density at radius 3 is 1.75 bits per heavy atom. The fourth-order valence-corrected chi connectivity index (χ4v) is 14.9. The van der Waals surface area contributed by atoms with Crippen LogP contribution in [0, 0.1) is 45.3 Å². The first-order valence-corrected chi connectivity index (χ1v) is 24.5. The van der Waals surface area contributed by atoms with Crippen molar-refractivity contribution in [1.82, 2.24) is 0 Å². The van der Waals surface area contributed by atoms with Gasteiger partial charge < -0.3 is 94.8 Å². The Bertz CT molecular complexity index is 1710. The number of ether oxygens (including phenoxy) is 6.